The molecule has 1 aromatic carbocycles. The van der Waals surface area contributed by atoms with Crippen molar-refractivity contribution in [2.24, 2.45) is 17.8 Å². The summed E-state index contributed by atoms with van der Waals surface area (Å²) in [7, 11) is 0. The zero-order chi connectivity index (χ0) is 20.6. The number of aromatic amines is 1. The van der Waals surface area contributed by atoms with Crippen molar-refractivity contribution in [1.29, 1.82) is 0 Å². The van der Waals surface area contributed by atoms with Crippen LogP contribution in [0.5, 0.6) is 0 Å². The number of hydrogen-bond acceptors (Lipinski definition) is 3. The van der Waals surface area contributed by atoms with Gasteiger partial charge in [-0.3, -0.25) is 4.79 Å². The van der Waals surface area contributed by atoms with Gasteiger partial charge in [-0.2, -0.15) is 0 Å². The number of carbonyl (C=O) groups is 1. The summed E-state index contributed by atoms with van der Waals surface area (Å²) in [5.74, 6) is 2.51. The van der Waals surface area contributed by atoms with Gasteiger partial charge in [-0.15, -0.1) is 0 Å². The van der Waals surface area contributed by atoms with Gasteiger partial charge in [0.2, 0.25) is 0 Å². The van der Waals surface area contributed by atoms with Gasteiger partial charge < -0.3 is 20.5 Å². The fraction of sp³-hybridized carbons (Fsp3) is 0.423. The zero-order valence-corrected chi connectivity index (χ0v) is 17.6. The Labute approximate surface area is 182 Å². The smallest absolute Gasteiger partial charge is 0.270 e. The standard InChI is InChI=1S/C26H28N4O/c31-25(29-26-13-16-9-17(14-26)11-18(10-16)15-26)23-22-3-1-2-8-30(22)24(28-23)20-4-5-21-19(12-20)6-7-27-21/h1-8,12,16-18,24,27-28H,9-11,13-15H2,(H,29,31). The van der Waals surface area contributed by atoms with E-state index in [-0.39, 0.29) is 17.6 Å². The Bertz CT molecular complexity index is 1130. The van der Waals surface area contributed by atoms with Crippen molar-refractivity contribution in [2.45, 2.75) is 50.2 Å². The van der Waals surface area contributed by atoms with Crippen LogP contribution in [0.2, 0.25) is 0 Å². The molecule has 4 aliphatic carbocycles. The fourth-order valence-electron chi connectivity index (χ4n) is 7.41. The molecule has 1 atom stereocenters. The Morgan fingerprint density at radius 1 is 1.03 bits per heavy atom. The highest BCUT2D eigenvalue weighted by molar-refractivity contribution is 5.95. The second-order valence-corrected chi connectivity index (χ2v) is 10.4. The number of aromatic nitrogens is 1. The highest BCUT2D eigenvalue weighted by Gasteiger charge is 2.52. The molecule has 2 aliphatic heterocycles. The minimum Gasteiger partial charge on any atom is -0.361 e. The number of allylic oxidation sites excluding steroid dienone is 3. The summed E-state index contributed by atoms with van der Waals surface area (Å²) in [4.78, 5) is 19.1. The van der Waals surface area contributed by atoms with Crippen LogP contribution in [0, 0.1) is 17.8 Å². The first-order valence-corrected chi connectivity index (χ1v) is 11.7. The number of rotatable bonds is 3. The van der Waals surface area contributed by atoms with Crippen LogP contribution in [0.25, 0.3) is 10.9 Å². The first-order chi connectivity index (χ1) is 15.2. The third-order valence-electron chi connectivity index (χ3n) is 8.24. The van der Waals surface area contributed by atoms with E-state index in [1.54, 1.807) is 0 Å². The van der Waals surface area contributed by atoms with Crippen molar-refractivity contribution >= 4 is 16.8 Å². The Kier molecular flexibility index (Phi) is 3.59. The number of carbonyl (C=O) groups excluding carboxylic acids is 1. The summed E-state index contributed by atoms with van der Waals surface area (Å²) < 4.78 is 0. The van der Waals surface area contributed by atoms with Crippen LogP contribution in [0.4, 0.5) is 0 Å². The molecular weight excluding hydrogens is 384 g/mol. The number of hydrogen-bond donors (Lipinski definition) is 3. The van der Waals surface area contributed by atoms with Crippen molar-refractivity contribution in [3.63, 3.8) is 0 Å². The summed E-state index contributed by atoms with van der Waals surface area (Å²) >= 11 is 0. The summed E-state index contributed by atoms with van der Waals surface area (Å²) in [6.07, 6.45) is 17.7. The van der Waals surface area contributed by atoms with Crippen LogP contribution in [0.15, 0.2) is 66.3 Å². The summed E-state index contributed by atoms with van der Waals surface area (Å²) in [6, 6.07) is 8.55. The van der Waals surface area contributed by atoms with E-state index < -0.39 is 0 Å². The molecule has 31 heavy (non-hydrogen) atoms. The first-order valence-electron chi connectivity index (χ1n) is 11.7. The third kappa shape index (κ3) is 2.72. The molecule has 5 heteroatoms. The average Bonchev–Trinajstić information content (AvgIpc) is 3.36. The quantitative estimate of drug-likeness (QED) is 0.698. The Morgan fingerprint density at radius 2 is 1.81 bits per heavy atom. The van der Waals surface area contributed by atoms with Gasteiger partial charge in [-0.1, -0.05) is 12.1 Å². The normalized spacial score (nSPS) is 35.0. The average molecular weight is 413 g/mol. The lowest BCUT2D eigenvalue weighted by Gasteiger charge is -2.56. The Morgan fingerprint density at radius 3 is 2.58 bits per heavy atom. The summed E-state index contributed by atoms with van der Waals surface area (Å²) in [6.45, 7) is 0. The van der Waals surface area contributed by atoms with E-state index in [0.717, 1.165) is 34.5 Å². The second kappa shape index (κ2) is 6.28. The van der Waals surface area contributed by atoms with E-state index in [4.69, 9.17) is 0 Å². The summed E-state index contributed by atoms with van der Waals surface area (Å²) in [5, 5.41) is 8.30. The van der Waals surface area contributed by atoms with Gasteiger partial charge in [-0.25, -0.2) is 0 Å². The molecule has 0 spiro atoms. The molecule has 1 aromatic heterocycles. The maximum atomic E-state index is 13.6. The van der Waals surface area contributed by atoms with Gasteiger partial charge in [0, 0.05) is 23.5 Å². The van der Waals surface area contributed by atoms with E-state index in [1.165, 1.54) is 43.9 Å². The van der Waals surface area contributed by atoms with Crippen molar-refractivity contribution < 1.29 is 4.79 Å². The summed E-state index contributed by atoms with van der Waals surface area (Å²) in [5.41, 5.74) is 3.97. The first kappa shape index (κ1) is 17.7. The van der Waals surface area contributed by atoms with Crippen LogP contribution in [0.3, 0.4) is 0 Å². The number of H-pyrrole nitrogens is 1. The van der Waals surface area contributed by atoms with E-state index >= 15 is 0 Å². The largest absolute Gasteiger partial charge is 0.361 e. The van der Waals surface area contributed by atoms with Crippen molar-refractivity contribution in [3.05, 3.63) is 71.8 Å². The van der Waals surface area contributed by atoms with Gasteiger partial charge in [0.05, 0.1) is 5.70 Å². The number of amides is 1. The number of nitrogens with one attached hydrogen (secondary N) is 3. The van der Waals surface area contributed by atoms with Crippen molar-refractivity contribution in [2.75, 3.05) is 0 Å². The molecule has 5 nitrogen and oxygen atoms in total. The van der Waals surface area contributed by atoms with Gasteiger partial charge in [0.1, 0.15) is 11.9 Å². The lowest BCUT2D eigenvalue weighted by Crippen LogP contribution is -2.60. The minimum absolute atomic E-state index is 0.0161. The molecule has 4 fully saturated rings. The molecule has 3 heterocycles. The zero-order valence-electron chi connectivity index (χ0n) is 17.6. The maximum absolute atomic E-state index is 13.6. The molecule has 6 aliphatic rings. The van der Waals surface area contributed by atoms with Crippen LogP contribution in [-0.2, 0) is 4.79 Å². The van der Waals surface area contributed by atoms with Gasteiger partial charge in [0.25, 0.3) is 5.91 Å². The van der Waals surface area contributed by atoms with E-state index in [1.807, 2.05) is 18.3 Å². The van der Waals surface area contributed by atoms with Crippen molar-refractivity contribution in [1.82, 2.24) is 20.5 Å². The SMILES string of the molecule is O=C(NC12CC3CC(CC(C3)C1)C2)C1=C2C=CC=CN2C(c2ccc3[nH]ccc3c2)N1. The second-order valence-electron chi connectivity index (χ2n) is 10.4. The Balaban J connectivity index is 1.19. The Hall–Kier alpha value is -2.95. The maximum Gasteiger partial charge on any atom is 0.270 e. The predicted octanol–water partition coefficient (Wildman–Crippen LogP) is 4.45. The molecule has 0 saturated heterocycles. The van der Waals surface area contributed by atoms with Crippen LogP contribution in [0.1, 0.15) is 50.3 Å². The van der Waals surface area contributed by atoms with Gasteiger partial charge >= 0.3 is 0 Å². The van der Waals surface area contributed by atoms with E-state index in [0.29, 0.717) is 5.70 Å². The van der Waals surface area contributed by atoms with Crippen LogP contribution >= 0.6 is 0 Å². The van der Waals surface area contributed by atoms with Crippen molar-refractivity contribution in [3.8, 4) is 0 Å². The molecular formula is C26H28N4O. The number of nitrogens with zero attached hydrogens (tertiary/aromatic N) is 1. The molecule has 8 rings (SSSR count). The highest BCUT2D eigenvalue weighted by atomic mass is 16.2. The van der Waals surface area contributed by atoms with Crippen LogP contribution < -0.4 is 10.6 Å². The lowest BCUT2D eigenvalue weighted by atomic mass is 9.53. The molecule has 2 aromatic rings. The molecule has 158 valence electrons. The minimum atomic E-state index is -0.0763. The van der Waals surface area contributed by atoms with E-state index in [2.05, 4.69) is 57.1 Å². The van der Waals surface area contributed by atoms with Crippen LogP contribution in [-0.4, -0.2) is 21.3 Å². The lowest BCUT2D eigenvalue weighted by molar-refractivity contribution is -0.123. The molecule has 0 radical (unpaired) electrons. The molecule has 4 bridgehead atoms. The number of fused-ring (bicyclic) bond motifs is 2. The third-order valence-corrected chi connectivity index (χ3v) is 8.24. The monoisotopic (exact) mass is 412 g/mol. The van der Waals surface area contributed by atoms with E-state index in [9.17, 15) is 4.79 Å². The molecule has 3 N–H and O–H groups in total. The number of benzene rings is 1. The topological polar surface area (TPSA) is 60.2 Å². The molecule has 4 saturated carbocycles. The van der Waals surface area contributed by atoms with Gasteiger partial charge in [0.15, 0.2) is 0 Å². The van der Waals surface area contributed by atoms with Gasteiger partial charge in [-0.05, 0) is 97.6 Å². The highest BCUT2D eigenvalue weighted by Crippen LogP contribution is 2.55. The predicted molar refractivity (Wildman–Crippen MR) is 120 cm³/mol. The fourth-order valence-corrected chi connectivity index (χ4v) is 7.41. The molecule has 1 amide bonds. The molecule has 1 unspecified atom stereocenters.